The number of carbonyl (C=O) groups excluding carboxylic acids is 1. The lowest BCUT2D eigenvalue weighted by atomic mass is 10.1. The molecule has 116 valence electrons. The summed E-state index contributed by atoms with van der Waals surface area (Å²) in [7, 11) is 1.83. The lowest BCUT2D eigenvalue weighted by molar-refractivity contribution is 0.0628. The van der Waals surface area contributed by atoms with Gasteiger partial charge in [-0.3, -0.25) is 14.4 Å². The van der Waals surface area contributed by atoms with Gasteiger partial charge in [-0.2, -0.15) is 5.10 Å². The second-order valence-electron chi connectivity index (χ2n) is 5.90. The van der Waals surface area contributed by atoms with Crippen molar-refractivity contribution >= 4 is 5.91 Å². The molecule has 2 aromatic rings. The van der Waals surface area contributed by atoms with Crippen LogP contribution in [-0.4, -0.2) is 51.7 Å². The number of aromatic nitrogens is 2. The zero-order valence-corrected chi connectivity index (χ0v) is 13.2. The third-order valence-electron chi connectivity index (χ3n) is 4.27. The normalized spacial score (nSPS) is 16.0. The van der Waals surface area contributed by atoms with Crippen LogP contribution in [-0.2, 0) is 13.6 Å². The second-order valence-corrected chi connectivity index (χ2v) is 5.90. The van der Waals surface area contributed by atoms with Gasteiger partial charge < -0.3 is 4.90 Å². The number of amides is 1. The Hall–Kier alpha value is -2.14. The van der Waals surface area contributed by atoms with Gasteiger partial charge in [0.15, 0.2) is 0 Å². The van der Waals surface area contributed by atoms with Crippen LogP contribution in [0.2, 0.25) is 0 Å². The van der Waals surface area contributed by atoms with Gasteiger partial charge in [0.05, 0.1) is 11.8 Å². The summed E-state index contributed by atoms with van der Waals surface area (Å²) in [5.74, 6) is 0.0867. The number of hydrogen-bond acceptors (Lipinski definition) is 3. The lowest BCUT2D eigenvalue weighted by Gasteiger charge is -2.34. The van der Waals surface area contributed by atoms with E-state index in [-0.39, 0.29) is 5.91 Å². The highest BCUT2D eigenvalue weighted by atomic mass is 16.2. The number of carbonyl (C=O) groups is 1. The molecule has 1 aromatic heterocycles. The summed E-state index contributed by atoms with van der Waals surface area (Å²) in [4.78, 5) is 16.7. The van der Waals surface area contributed by atoms with Crippen LogP contribution in [0.1, 0.15) is 21.5 Å². The molecular formula is C17H22N4O. The van der Waals surface area contributed by atoms with Gasteiger partial charge in [-0.05, 0) is 18.1 Å². The molecule has 0 N–H and O–H groups in total. The molecular weight excluding hydrogens is 276 g/mol. The Labute approximate surface area is 131 Å². The Balaban J connectivity index is 1.56. The molecule has 0 bridgehead atoms. The third-order valence-corrected chi connectivity index (χ3v) is 4.27. The summed E-state index contributed by atoms with van der Waals surface area (Å²) < 4.78 is 1.67. The minimum atomic E-state index is 0.0867. The van der Waals surface area contributed by atoms with Crippen LogP contribution in [0.4, 0.5) is 0 Å². The van der Waals surface area contributed by atoms with Crippen LogP contribution in [0.25, 0.3) is 0 Å². The van der Waals surface area contributed by atoms with E-state index >= 15 is 0 Å². The van der Waals surface area contributed by atoms with E-state index in [2.05, 4.69) is 41.2 Å². The standard InChI is InChI=1S/C17H22N4O/c1-14-5-3-4-6-15(14)13-20-7-9-21(10-8-20)17(22)16-11-18-19(2)12-16/h3-6,11-12H,7-10,13H2,1-2H3. The highest BCUT2D eigenvalue weighted by Crippen LogP contribution is 2.13. The number of hydrogen-bond donors (Lipinski definition) is 0. The van der Waals surface area contributed by atoms with Crippen molar-refractivity contribution in [2.24, 2.45) is 7.05 Å². The first kappa shape index (κ1) is 14.8. The van der Waals surface area contributed by atoms with Gasteiger partial charge in [0.2, 0.25) is 0 Å². The predicted molar refractivity (Wildman–Crippen MR) is 85.6 cm³/mol. The Kier molecular flexibility index (Phi) is 4.24. The minimum absolute atomic E-state index is 0.0867. The minimum Gasteiger partial charge on any atom is -0.336 e. The first-order valence-corrected chi connectivity index (χ1v) is 7.68. The molecule has 1 aliphatic rings. The molecule has 22 heavy (non-hydrogen) atoms. The molecule has 0 radical (unpaired) electrons. The average molecular weight is 298 g/mol. The van der Waals surface area contributed by atoms with Gasteiger partial charge >= 0.3 is 0 Å². The molecule has 0 unspecified atom stereocenters. The Morgan fingerprint density at radius 1 is 1.18 bits per heavy atom. The fourth-order valence-corrected chi connectivity index (χ4v) is 2.85. The summed E-state index contributed by atoms with van der Waals surface area (Å²) in [6.07, 6.45) is 3.42. The van der Waals surface area contributed by atoms with Gasteiger partial charge in [0, 0.05) is 46.0 Å². The molecule has 0 aliphatic carbocycles. The van der Waals surface area contributed by atoms with Gasteiger partial charge in [0.25, 0.3) is 5.91 Å². The summed E-state index contributed by atoms with van der Waals surface area (Å²) in [6, 6.07) is 8.49. The van der Waals surface area contributed by atoms with Crippen LogP contribution in [0.3, 0.4) is 0 Å². The van der Waals surface area contributed by atoms with Crippen molar-refractivity contribution in [3.63, 3.8) is 0 Å². The maximum atomic E-state index is 12.4. The third kappa shape index (κ3) is 3.20. The number of rotatable bonds is 3. The SMILES string of the molecule is Cc1ccccc1CN1CCN(C(=O)c2cnn(C)c2)CC1. The molecule has 3 rings (SSSR count). The van der Waals surface area contributed by atoms with Crippen LogP contribution in [0.15, 0.2) is 36.7 Å². The van der Waals surface area contributed by atoms with E-state index in [4.69, 9.17) is 0 Å². The zero-order chi connectivity index (χ0) is 15.5. The maximum Gasteiger partial charge on any atom is 0.257 e. The largest absolute Gasteiger partial charge is 0.336 e. The van der Waals surface area contributed by atoms with E-state index < -0.39 is 0 Å². The molecule has 1 fully saturated rings. The number of aryl methyl sites for hydroxylation is 2. The fraction of sp³-hybridized carbons (Fsp3) is 0.412. The van der Waals surface area contributed by atoms with Crippen molar-refractivity contribution in [1.82, 2.24) is 19.6 Å². The second kappa shape index (κ2) is 6.32. The van der Waals surface area contributed by atoms with E-state index in [9.17, 15) is 4.79 Å². The fourth-order valence-electron chi connectivity index (χ4n) is 2.85. The molecule has 1 saturated heterocycles. The molecule has 0 atom stereocenters. The van der Waals surface area contributed by atoms with Gasteiger partial charge in [-0.15, -0.1) is 0 Å². The quantitative estimate of drug-likeness (QED) is 0.866. The molecule has 2 heterocycles. The van der Waals surface area contributed by atoms with Gasteiger partial charge in [-0.1, -0.05) is 24.3 Å². The van der Waals surface area contributed by atoms with Gasteiger partial charge in [0.1, 0.15) is 0 Å². The molecule has 0 saturated carbocycles. The van der Waals surface area contributed by atoms with E-state index in [1.54, 1.807) is 17.1 Å². The molecule has 1 aromatic carbocycles. The van der Waals surface area contributed by atoms with Crippen LogP contribution < -0.4 is 0 Å². The topological polar surface area (TPSA) is 41.4 Å². The first-order chi connectivity index (χ1) is 10.6. The number of piperazine rings is 1. The molecule has 5 heteroatoms. The predicted octanol–water partition coefficient (Wildman–Crippen LogP) is 1.69. The van der Waals surface area contributed by atoms with Crippen LogP contribution >= 0.6 is 0 Å². The van der Waals surface area contributed by atoms with Crippen molar-refractivity contribution in [2.75, 3.05) is 26.2 Å². The van der Waals surface area contributed by atoms with Crippen LogP contribution in [0.5, 0.6) is 0 Å². The van der Waals surface area contributed by atoms with Crippen molar-refractivity contribution in [2.45, 2.75) is 13.5 Å². The molecule has 0 spiro atoms. The van der Waals surface area contributed by atoms with Crippen molar-refractivity contribution in [3.8, 4) is 0 Å². The molecule has 1 amide bonds. The molecule has 5 nitrogen and oxygen atoms in total. The number of nitrogens with zero attached hydrogens (tertiary/aromatic N) is 4. The van der Waals surface area contributed by atoms with E-state index in [1.165, 1.54) is 11.1 Å². The first-order valence-electron chi connectivity index (χ1n) is 7.68. The highest BCUT2D eigenvalue weighted by Gasteiger charge is 2.23. The van der Waals surface area contributed by atoms with Crippen molar-refractivity contribution < 1.29 is 4.79 Å². The summed E-state index contributed by atoms with van der Waals surface area (Å²) >= 11 is 0. The van der Waals surface area contributed by atoms with E-state index in [1.807, 2.05) is 11.9 Å². The average Bonchev–Trinajstić information content (AvgIpc) is 2.96. The van der Waals surface area contributed by atoms with Crippen molar-refractivity contribution in [1.29, 1.82) is 0 Å². The van der Waals surface area contributed by atoms with Gasteiger partial charge in [-0.25, -0.2) is 0 Å². The Morgan fingerprint density at radius 3 is 2.55 bits per heavy atom. The Morgan fingerprint density at radius 2 is 1.91 bits per heavy atom. The summed E-state index contributed by atoms with van der Waals surface area (Å²) in [6.45, 7) is 6.50. The number of benzene rings is 1. The summed E-state index contributed by atoms with van der Waals surface area (Å²) in [5.41, 5.74) is 3.38. The summed E-state index contributed by atoms with van der Waals surface area (Å²) in [5, 5.41) is 4.07. The van der Waals surface area contributed by atoms with Crippen LogP contribution in [0, 0.1) is 6.92 Å². The maximum absolute atomic E-state index is 12.4. The van der Waals surface area contributed by atoms with E-state index in [0.717, 1.165) is 32.7 Å². The zero-order valence-electron chi connectivity index (χ0n) is 13.2. The monoisotopic (exact) mass is 298 g/mol. The molecule has 1 aliphatic heterocycles. The van der Waals surface area contributed by atoms with E-state index in [0.29, 0.717) is 5.56 Å². The lowest BCUT2D eigenvalue weighted by Crippen LogP contribution is -2.48. The van der Waals surface area contributed by atoms with Crippen molar-refractivity contribution in [3.05, 3.63) is 53.3 Å². The highest BCUT2D eigenvalue weighted by molar-refractivity contribution is 5.93. The smallest absolute Gasteiger partial charge is 0.257 e. The Bertz CT molecular complexity index is 656.